The molecule has 36 heavy (non-hydrogen) atoms. The summed E-state index contributed by atoms with van der Waals surface area (Å²) in [4.78, 5) is 21.3. The van der Waals surface area contributed by atoms with E-state index in [2.05, 4.69) is 25.5 Å². The number of rotatable bonds is 6. The first kappa shape index (κ1) is 22.8. The summed E-state index contributed by atoms with van der Waals surface area (Å²) >= 11 is 0. The standard InChI is InChI=1S/C28H30FN7/c1-17(2)19-5-6-23(22(29)13-19)33-25-14-20(7-8-32-25)27-34-24-16-31-15-21(18-3-4-18)26(24)28(35-27)36-11-9-30-10-12-36/h5-8,13-18,30H,3-4,9-12H2,1-2H3,(H,32,33). The predicted molar refractivity (Wildman–Crippen MR) is 141 cm³/mol. The van der Waals surface area contributed by atoms with Crippen LogP contribution in [0.1, 0.15) is 49.7 Å². The normalized spacial score (nSPS) is 16.1. The Bertz CT molecular complexity index is 1410. The van der Waals surface area contributed by atoms with Gasteiger partial charge in [-0.25, -0.2) is 19.3 Å². The van der Waals surface area contributed by atoms with Gasteiger partial charge in [0.25, 0.3) is 0 Å². The molecule has 1 aliphatic carbocycles. The van der Waals surface area contributed by atoms with E-state index in [4.69, 9.17) is 9.97 Å². The maximum Gasteiger partial charge on any atom is 0.162 e. The molecule has 0 bridgehead atoms. The lowest BCUT2D eigenvalue weighted by Crippen LogP contribution is -2.44. The van der Waals surface area contributed by atoms with Crippen molar-refractivity contribution in [3.8, 4) is 11.4 Å². The Kier molecular flexibility index (Phi) is 5.97. The highest BCUT2D eigenvalue weighted by atomic mass is 19.1. The number of nitrogens with zero attached hydrogens (tertiary/aromatic N) is 5. The van der Waals surface area contributed by atoms with Crippen molar-refractivity contribution >= 4 is 28.2 Å². The van der Waals surface area contributed by atoms with Gasteiger partial charge in [0.2, 0.25) is 0 Å². The van der Waals surface area contributed by atoms with Crippen molar-refractivity contribution in [1.29, 1.82) is 0 Å². The molecule has 0 amide bonds. The fourth-order valence-electron chi connectivity index (χ4n) is 4.80. The third-order valence-corrected chi connectivity index (χ3v) is 6.99. The number of nitrogens with one attached hydrogen (secondary N) is 2. The number of fused-ring (bicyclic) bond motifs is 1. The number of pyridine rings is 2. The van der Waals surface area contributed by atoms with Crippen molar-refractivity contribution in [2.45, 2.75) is 38.5 Å². The van der Waals surface area contributed by atoms with Gasteiger partial charge >= 0.3 is 0 Å². The molecule has 1 saturated carbocycles. The molecule has 3 aromatic heterocycles. The van der Waals surface area contributed by atoms with Crippen LogP contribution in [0.3, 0.4) is 0 Å². The van der Waals surface area contributed by atoms with Crippen LogP contribution in [0.5, 0.6) is 0 Å². The number of anilines is 3. The summed E-state index contributed by atoms with van der Waals surface area (Å²) in [5.74, 6) is 2.65. The maximum atomic E-state index is 14.7. The molecule has 1 saturated heterocycles. The average molecular weight is 484 g/mol. The first-order valence-corrected chi connectivity index (χ1v) is 12.7. The Morgan fingerprint density at radius 3 is 2.64 bits per heavy atom. The van der Waals surface area contributed by atoms with Crippen LogP contribution >= 0.6 is 0 Å². The van der Waals surface area contributed by atoms with E-state index >= 15 is 0 Å². The minimum atomic E-state index is -0.296. The molecular weight excluding hydrogens is 453 g/mol. The summed E-state index contributed by atoms with van der Waals surface area (Å²) in [6.07, 6.45) is 7.91. The van der Waals surface area contributed by atoms with E-state index in [0.717, 1.165) is 54.0 Å². The van der Waals surface area contributed by atoms with Gasteiger partial charge in [0.15, 0.2) is 5.82 Å². The second-order valence-corrected chi connectivity index (χ2v) is 9.95. The van der Waals surface area contributed by atoms with E-state index in [9.17, 15) is 4.39 Å². The van der Waals surface area contributed by atoms with Crippen LogP contribution in [0.4, 0.5) is 21.7 Å². The fraction of sp³-hybridized carbons (Fsp3) is 0.357. The number of hydrogen-bond acceptors (Lipinski definition) is 7. The molecule has 184 valence electrons. The second kappa shape index (κ2) is 9.43. The molecule has 8 heteroatoms. The third-order valence-electron chi connectivity index (χ3n) is 6.99. The zero-order valence-corrected chi connectivity index (χ0v) is 20.6. The van der Waals surface area contributed by atoms with Crippen molar-refractivity contribution in [2.24, 2.45) is 0 Å². The summed E-state index contributed by atoms with van der Waals surface area (Å²) in [6.45, 7) is 7.74. The molecule has 1 aliphatic heterocycles. The van der Waals surface area contributed by atoms with Gasteiger partial charge in [-0.1, -0.05) is 19.9 Å². The highest BCUT2D eigenvalue weighted by Gasteiger charge is 2.29. The molecule has 6 rings (SSSR count). The molecule has 0 unspecified atom stereocenters. The number of piperazine rings is 1. The van der Waals surface area contributed by atoms with Crippen LogP contribution in [-0.2, 0) is 0 Å². The van der Waals surface area contributed by atoms with Crippen LogP contribution in [-0.4, -0.2) is 46.1 Å². The van der Waals surface area contributed by atoms with Gasteiger partial charge in [0.05, 0.1) is 17.4 Å². The van der Waals surface area contributed by atoms with Gasteiger partial charge < -0.3 is 15.5 Å². The zero-order valence-electron chi connectivity index (χ0n) is 20.6. The fourth-order valence-corrected chi connectivity index (χ4v) is 4.80. The van der Waals surface area contributed by atoms with E-state index in [1.807, 2.05) is 44.4 Å². The van der Waals surface area contributed by atoms with Gasteiger partial charge in [-0.05, 0) is 60.1 Å². The smallest absolute Gasteiger partial charge is 0.162 e. The molecule has 0 atom stereocenters. The van der Waals surface area contributed by atoms with Crippen LogP contribution in [0.2, 0.25) is 0 Å². The Morgan fingerprint density at radius 2 is 1.89 bits per heavy atom. The van der Waals surface area contributed by atoms with E-state index in [1.165, 1.54) is 18.4 Å². The first-order chi connectivity index (χ1) is 17.6. The second-order valence-electron chi connectivity index (χ2n) is 9.95. The maximum absolute atomic E-state index is 14.7. The summed E-state index contributed by atoms with van der Waals surface area (Å²) < 4.78 is 14.7. The molecular formula is C28H30FN7. The Hall–Kier alpha value is -3.65. The number of halogens is 1. The highest BCUT2D eigenvalue weighted by molar-refractivity contribution is 5.94. The topological polar surface area (TPSA) is 78.9 Å². The van der Waals surface area contributed by atoms with Crippen molar-refractivity contribution in [2.75, 3.05) is 36.4 Å². The monoisotopic (exact) mass is 483 g/mol. The van der Waals surface area contributed by atoms with Crippen LogP contribution in [0, 0.1) is 5.82 Å². The van der Waals surface area contributed by atoms with Gasteiger partial charge in [-0.15, -0.1) is 0 Å². The zero-order chi connectivity index (χ0) is 24.6. The van der Waals surface area contributed by atoms with Crippen LogP contribution in [0.25, 0.3) is 22.3 Å². The van der Waals surface area contributed by atoms with Crippen molar-refractivity contribution < 1.29 is 4.39 Å². The van der Waals surface area contributed by atoms with Gasteiger partial charge in [0, 0.05) is 49.5 Å². The largest absolute Gasteiger partial charge is 0.353 e. The molecule has 2 N–H and O–H groups in total. The van der Waals surface area contributed by atoms with Gasteiger partial charge in [-0.3, -0.25) is 4.98 Å². The minimum Gasteiger partial charge on any atom is -0.353 e. The number of hydrogen-bond donors (Lipinski definition) is 2. The van der Waals surface area contributed by atoms with E-state index < -0.39 is 0 Å². The van der Waals surface area contributed by atoms with Crippen LogP contribution in [0.15, 0.2) is 48.9 Å². The van der Waals surface area contributed by atoms with Crippen LogP contribution < -0.4 is 15.5 Å². The van der Waals surface area contributed by atoms with E-state index in [1.54, 1.807) is 18.3 Å². The molecule has 2 fully saturated rings. The van der Waals surface area contributed by atoms with Crippen molar-refractivity contribution in [3.63, 3.8) is 0 Å². The predicted octanol–water partition coefficient (Wildman–Crippen LogP) is 5.38. The molecule has 0 radical (unpaired) electrons. The SMILES string of the molecule is CC(C)c1ccc(Nc2cc(-c3nc(N4CCNCC4)c4c(C5CC5)cncc4n3)ccn2)c(F)c1. The Balaban J connectivity index is 1.39. The number of benzene rings is 1. The lowest BCUT2D eigenvalue weighted by Gasteiger charge is -2.30. The molecule has 1 aromatic carbocycles. The van der Waals surface area contributed by atoms with E-state index in [0.29, 0.717) is 23.2 Å². The quantitative estimate of drug-likeness (QED) is 0.381. The van der Waals surface area contributed by atoms with Crippen molar-refractivity contribution in [1.82, 2.24) is 25.3 Å². The number of aromatic nitrogens is 4. The van der Waals surface area contributed by atoms with E-state index in [-0.39, 0.29) is 11.7 Å². The molecule has 4 aromatic rings. The highest BCUT2D eigenvalue weighted by Crippen LogP contribution is 2.44. The third kappa shape index (κ3) is 4.48. The minimum absolute atomic E-state index is 0.264. The summed E-state index contributed by atoms with van der Waals surface area (Å²) in [7, 11) is 0. The summed E-state index contributed by atoms with van der Waals surface area (Å²) in [5, 5.41) is 7.67. The van der Waals surface area contributed by atoms with Crippen molar-refractivity contribution in [3.05, 3.63) is 65.9 Å². The molecule has 4 heterocycles. The molecule has 7 nitrogen and oxygen atoms in total. The van der Waals surface area contributed by atoms with Gasteiger partial charge in [0.1, 0.15) is 17.5 Å². The van der Waals surface area contributed by atoms with Gasteiger partial charge in [-0.2, -0.15) is 0 Å². The molecule has 2 aliphatic rings. The Morgan fingerprint density at radius 1 is 1.06 bits per heavy atom. The average Bonchev–Trinajstić information content (AvgIpc) is 3.75. The lowest BCUT2D eigenvalue weighted by atomic mass is 10.0. The Labute approximate surface area is 210 Å². The molecule has 0 spiro atoms. The summed E-state index contributed by atoms with van der Waals surface area (Å²) in [6, 6.07) is 9.05. The summed E-state index contributed by atoms with van der Waals surface area (Å²) in [5.41, 5.74) is 4.29. The first-order valence-electron chi connectivity index (χ1n) is 12.7. The lowest BCUT2D eigenvalue weighted by molar-refractivity contribution is 0.586.